The van der Waals surface area contributed by atoms with Gasteiger partial charge in [0.1, 0.15) is 5.82 Å². The normalized spacial score (nSPS) is 15.1. The van der Waals surface area contributed by atoms with Gasteiger partial charge in [-0.2, -0.15) is 4.31 Å². The molecule has 0 saturated carbocycles. The Morgan fingerprint density at radius 1 is 1.10 bits per heavy atom. The second-order valence-electron chi connectivity index (χ2n) is 7.27. The van der Waals surface area contributed by atoms with Gasteiger partial charge in [-0.15, -0.1) is 0 Å². The van der Waals surface area contributed by atoms with Crippen LogP contribution in [0.15, 0.2) is 47.4 Å². The minimum atomic E-state index is -3.82. The molecule has 0 spiro atoms. The number of rotatable bonds is 8. The molecule has 8 heteroatoms. The molecule has 0 radical (unpaired) electrons. The summed E-state index contributed by atoms with van der Waals surface area (Å²) in [6.07, 6.45) is 4.40. The molecule has 2 aromatic rings. The first-order valence-electron chi connectivity index (χ1n) is 10.2. The fourth-order valence-electron chi connectivity index (χ4n) is 3.31. The molecule has 0 atom stereocenters. The van der Waals surface area contributed by atoms with Crippen molar-refractivity contribution in [3.63, 3.8) is 0 Å². The molecule has 0 bridgehead atoms. The molecule has 0 aliphatic carbocycles. The third-order valence-corrected chi connectivity index (χ3v) is 6.97. The Balaban J connectivity index is 1.73. The van der Waals surface area contributed by atoms with Gasteiger partial charge >= 0.3 is 0 Å². The van der Waals surface area contributed by atoms with E-state index in [1.165, 1.54) is 22.4 Å². The number of sulfonamides is 1. The molecular formula is C22H27FN2O4S. The highest BCUT2D eigenvalue weighted by Gasteiger charge is 2.28. The Kier molecular flexibility index (Phi) is 7.58. The van der Waals surface area contributed by atoms with E-state index in [1.807, 2.05) is 12.1 Å². The second-order valence-corrected chi connectivity index (χ2v) is 9.20. The van der Waals surface area contributed by atoms with Gasteiger partial charge in [0.05, 0.1) is 23.7 Å². The summed E-state index contributed by atoms with van der Waals surface area (Å²) in [5, 5.41) is 2.64. The van der Waals surface area contributed by atoms with E-state index in [2.05, 4.69) is 12.2 Å². The van der Waals surface area contributed by atoms with Gasteiger partial charge in [-0.1, -0.05) is 31.9 Å². The van der Waals surface area contributed by atoms with Crippen LogP contribution in [0.4, 0.5) is 10.1 Å². The van der Waals surface area contributed by atoms with Gasteiger partial charge in [-0.25, -0.2) is 12.8 Å². The maximum absolute atomic E-state index is 14.3. The lowest BCUT2D eigenvalue weighted by atomic mass is 10.1. The van der Waals surface area contributed by atoms with Crippen LogP contribution in [0, 0.1) is 5.82 Å². The highest BCUT2D eigenvalue weighted by atomic mass is 32.2. The molecule has 1 saturated heterocycles. The van der Waals surface area contributed by atoms with Crippen LogP contribution < -0.4 is 5.32 Å². The Morgan fingerprint density at radius 3 is 2.47 bits per heavy atom. The maximum atomic E-state index is 14.3. The number of hydrogen-bond donors (Lipinski definition) is 1. The molecule has 30 heavy (non-hydrogen) atoms. The largest absolute Gasteiger partial charge is 0.379 e. The van der Waals surface area contributed by atoms with Gasteiger partial charge in [0.15, 0.2) is 0 Å². The van der Waals surface area contributed by atoms with E-state index < -0.39 is 21.7 Å². The van der Waals surface area contributed by atoms with Crippen molar-refractivity contribution in [2.24, 2.45) is 0 Å². The molecule has 2 aromatic carbocycles. The molecule has 162 valence electrons. The highest BCUT2D eigenvalue weighted by molar-refractivity contribution is 7.89. The number of hydrogen-bond acceptors (Lipinski definition) is 4. The predicted octanol–water partition coefficient (Wildman–Crippen LogP) is 3.83. The Bertz CT molecular complexity index is 971. The lowest BCUT2D eigenvalue weighted by Crippen LogP contribution is -2.40. The average Bonchev–Trinajstić information content (AvgIpc) is 2.76. The number of benzene rings is 2. The number of unbranched alkanes of at least 4 members (excludes halogenated alkanes) is 2. The van der Waals surface area contributed by atoms with E-state index in [1.54, 1.807) is 12.1 Å². The zero-order valence-electron chi connectivity index (χ0n) is 17.1. The third-order valence-electron chi connectivity index (χ3n) is 5.07. The van der Waals surface area contributed by atoms with Crippen molar-refractivity contribution in [1.29, 1.82) is 0 Å². The third kappa shape index (κ3) is 5.44. The number of morpholine rings is 1. The van der Waals surface area contributed by atoms with Gasteiger partial charge in [0, 0.05) is 18.8 Å². The van der Waals surface area contributed by atoms with E-state index in [0.717, 1.165) is 31.4 Å². The van der Waals surface area contributed by atoms with Crippen LogP contribution >= 0.6 is 0 Å². The maximum Gasteiger partial charge on any atom is 0.258 e. The van der Waals surface area contributed by atoms with Crippen LogP contribution in [0.3, 0.4) is 0 Å². The number of nitrogens with zero attached hydrogens (tertiary/aromatic N) is 1. The van der Waals surface area contributed by atoms with E-state index >= 15 is 0 Å². The summed E-state index contributed by atoms with van der Waals surface area (Å²) < 4.78 is 46.4. The molecule has 1 aliphatic rings. The fourth-order valence-corrected chi connectivity index (χ4v) is 4.74. The highest BCUT2D eigenvalue weighted by Crippen LogP contribution is 2.21. The van der Waals surface area contributed by atoms with Crippen molar-refractivity contribution in [2.45, 2.75) is 37.5 Å². The number of halogens is 1. The minimum absolute atomic E-state index is 0.109. The molecule has 6 nitrogen and oxygen atoms in total. The smallest absolute Gasteiger partial charge is 0.258 e. The molecule has 0 aromatic heterocycles. The van der Waals surface area contributed by atoms with Crippen LogP contribution in [-0.2, 0) is 21.2 Å². The lowest BCUT2D eigenvalue weighted by Gasteiger charge is -2.26. The van der Waals surface area contributed by atoms with Gasteiger partial charge in [0.2, 0.25) is 10.0 Å². The number of ether oxygens (including phenoxy) is 1. The van der Waals surface area contributed by atoms with Gasteiger partial charge in [-0.05, 0) is 48.7 Å². The number of carbonyl (C=O) groups excluding carboxylic acids is 1. The minimum Gasteiger partial charge on any atom is -0.379 e. The molecular weight excluding hydrogens is 407 g/mol. The molecule has 1 fully saturated rings. The summed E-state index contributed by atoms with van der Waals surface area (Å²) in [4.78, 5) is 12.5. The van der Waals surface area contributed by atoms with Crippen molar-refractivity contribution in [3.8, 4) is 0 Å². The standard InChI is InChI=1S/C22H27FN2O4S/c1-2-3-4-5-17-6-8-18(9-7-17)24-22(26)20-16-19(10-11-21(20)23)30(27,28)25-12-14-29-15-13-25/h6-11,16H,2-5,12-15H2,1H3,(H,24,26). The quantitative estimate of drug-likeness (QED) is 0.641. The van der Waals surface area contributed by atoms with Crippen molar-refractivity contribution < 1.29 is 22.3 Å². The van der Waals surface area contributed by atoms with Crippen molar-refractivity contribution in [3.05, 3.63) is 59.4 Å². The summed E-state index contributed by atoms with van der Waals surface area (Å²) >= 11 is 0. The Labute approximate surface area is 177 Å². The number of carbonyl (C=O) groups is 1. The first kappa shape index (κ1) is 22.4. The molecule has 1 N–H and O–H groups in total. The summed E-state index contributed by atoms with van der Waals surface area (Å²) in [7, 11) is -3.82. The summed E-state index contributed by atoms with van der Waals surface area (Å²) in [6, 6.07) is 10.7. The van der Waals surface area contributed by atoms with Crippen LogP contribution in [0.5, 0.6) is 0 Å². The van der Waals surface area contributed by atoms with Crippen molar-refractivity contribution >= 4 is 21.6 Å². The van der Waals surface area contributed by atoms with Crippen LogP contribution in [0.25, 0.3) is 0 Å². The topological polar surface area (TPSA) is 75.7 Å². The van der Waals surface area contributed by atoms with Gasteiger partial charge in [-0.3, -0.25) is 4.79 Å². The number of aryl methyl sites for hydroxylation is 1. The zero-order chi connectivity index (χ0) is 21.6. The molecule has 0 unspecified atom stereocenters. The number of anilines is 1. The zero-order valence-corrected chi connectivity index (χ0v) is 17.9. The van der Waals surface area contributed by atoms with Gasteiger partial charge < -0.3 is 10.1 Å². The van der Waals surface area contributed by atoms with Crippen molar-refractivity contribution in [1.82, 2.24) is 4.31 Å². The summed E-state index contributed by atoms with van der Waals surface area (Å²) in [5.74, 6) is -1.46. The second kappa shape index (κ2) is 10.1. The molecule has 1 aliphatic heterocycles. The first-order chi connectivity index (χ1) is 14.4. The molecule has 3 rings (SSSR count). The summed E-state index contributed by atoms with van der Waals surface area (Å²) in [5.41, 5.74) is 1.39. The first-order valence-corrected chi connectivity index (χ1v) is 11.6. The average molecular weight is 435 g/mol. The van der Waals surface area contributed by atoms with E-state index in [9.17, 15) is 17.6 Å². The summed E-state index contributed by atoms with van der Waals surface area (Å²) in [6.45, 7) is 3.22. The number of amides is 1. The van der Waals surface area contributed by atoms with Crippen LogP contribution in [0.1, 0.15) is 42.1 Å². The lowest BCUT2D eigenvalue weighted by molar-refractivity contribution is 0.0730. The fraction of sp³-hybridized carbons (Fsp3) is 0.409. The van der Waals surface area contributed by atoms with Crippen LogP contribution in [0.2, 0.25) is 0 Å². The molecule has 1 heterocycles. The number of nitrogens with one attached hydrogen (secondary N) is 1. The van der Waals surface area contributed by atoms with Crippen molar-refractivity contribution in [2.75, 3.05) is 31.6 Å². The Morgan fingerprint density at radius 2 is 1.80 bits per heavy atom. The predicted molar refractivity (Wildman–Crippen MR) is 114 cm³/mol. The van der Waals surface area contributed by atoms with Crippen LogP contribution in [-0.4, -0.2) is 44.9 Å². The van der Waals surface area contributed by atoms with E-state index in [0.29, 0.717) is 18.9 Å². The van der Waals surface area contributed by atoms with E-state index in [4.69, 9.17) is 4.74 Å². The van der Waals surface area contributed by atoms with E-state index in [-0.39, 0.29) is 23.5 Å². The molecule has 1 amide bonds. The Hall–Kier alpha value is -2.29. The monoisotopic (exact) mass is 434 g/mol. The SMILES string of the molecule is CCCCCc1ccc(NC(=O)c2cc(S(=O)(=O)N3CCOCC3)ccc2F)cc1. The van der Waals surface area contributed by atoms with Gasteiger partial charge in [0.25, 0.3) is 5.91 Å².